The van der Waals surface area contributed by atoms with Gasteiger partial charge in [-0.15, -0.1) is 0 Å². The number of nitrogens with one attached hydrogen (secondary N) is 1. The van der Waals surface area contributed by atoms with Crippen LogP contribution in [0.25, 0.3) is 0 Å². The minimum atomic E-state index is -3.64. The van der Waals surface area contributed by atoms with Crippen LogP contribution < -0.4 is 10.5 Å². The van der Waals surface area contributed by atoms with Crippen LogP contribution in [0.15, 0.2) is 59.5 Å². The van der Waals surface area contributed by atoms with E-state index in [2.05, 4.69) is 4.72 Å². The van der Waals surface area contributed by atoms with Gasteiger partial charge in [-0.3, -0.25) is 9.52 Å². The molecule has 0 saturated carbocycles. The molecule has 6 heteroatoms. The lowest BCUT2D eigenvalue weighted by Gasteiger charge is -2.12. The van der Waals surface area contributed by atoms with Gasteiger partial charge in [-0.25, -0.2) is 8.42 Å². The first-order chi connectivity index (χ1) is 9.99. The molecule has 0 aromatic heterocycles. The normalized spacial score (nSPS) is 11.0. The Morgan fingerprint density at radius 2 is 1.62 bits per heavy atom. The SMILES string of the molecule is NC(=O)CCc1ccccc1NS(=O)(=O)c1ccccc1. The van der Waals surface area contributed by atoms with Gasteiger partial charge in [0.2, 0.25) is 5.91 Å². The topological polar surface area (TPSA) is 89.3 Å². The molecule has 0 spiro atoms. The average molecular weight is 304 g/mol. The molecular formula is C15H16N2O3S. The van der Waals surface area contributed by atoms with Gasteiger partial charge in [0, 0.05) is 6.42 Å². The zero-order valence-corrected chi connectivity index (χ0v) is 12.1. The number of aryl methyl sites for hydroxylation is 1. The largest absolute Gasteiger partial charge is 0.370 e. The van der Waals surface area contributed by atoms with Crippen molar-refractivity contribution in [1.82, 2.24) is 0 Å². The van der Waals surface area contributed by atoms with Crippen LogP contribution in [0.2, 0.25) is 0 Å². The number of carbonyl (C=O) groups is 1. The van der Waals surface area contributed by atoms with Crippen molar-refractivity contribution in [2.24, 2.45) is 5.73 Å². The van der Waals surface area contributed by atoms with Crippen molar-refractivity contribution in [2.75, 3.05) is 4.72 Å². The Morgan fingerprint density at radius 1 is 1.00 bits per heavy atom. The van der Waals surface area contributed by atoms with Crippen LogP contribution >= 0.6 is 0 Å². The number of hydrogen-bond donors (Lipinski definition) is 2. The van der Waals surface area contributed by atoms with Crippen LogP contribution in [0.1, 0.15) is 12.0 Å². The summed E-state index contributed by atoms with van der Waals surface area (Å²) < 4.78 is 27.1. The summed E-state index contributed by atoms with van der Waals surface area (Å²) in [5.74, 6) is -0.421. The molecule has 0 fully saturated rings. The number of rotatable bonds is 6. The second kappa shape index (κ2) is 6.41. The molecule has 110 valence electrons. The van der Waals surface area contributed by atoms with E-state index in [1.807, 2.05) is 0 Å². The third-order valence-corrected chi connectivity index (χ3v) is 4.34. The molecule has 3 N–H and O–H groups in total. The Hall–Kier alpha value is -2.34. The number of para-hydroxylation sites is 1. The lowest BCUT2D eigenvalue weighted by atomic mass is 10.1. The van der Waals surface area contributed by atoms with E-state index in [1.165, 1.54) is 12.1 Å². The van der Waals surface area contributed by atoms with Gasteiger partial charge in [0.05, 0.1) is 10.6 Å². The van der Waals surface area contributed by atoms with E-state index in [0.29, 0.717) is 12.1 Å². The van der Waals surface area contributed by atoms with Crippen LogP contribution in [0.4, 0.5) is 5.69 Å². The number of anilines is 1. The summed E-state index contributed by atoms with van der Waals surface area (Å²) >= 11 is 0. The number of nitrogens with two attached hydrogens (primary N) is 1. The van der Waals surface area contributed by atoms with Crippen LogP contribution in [-0.2, 0) is 21.2 Å². The molecule has 2 aromatic rings. The van der Waals surface area contributed by atoms with Crippen molar-refractivity contribution < 1.29 is 13.2 Å². The Bertz CT molecular complexity index is 728. The van der Waals surface area contributed by atoms with E-state index in [-0.39, 0.29) is 11.3 Å². The van der Waals surface area contributed by atoms with Gasteiger partial charge in [-0.2, -0.15) is 0 Å². The quantitative estimate of drug-likeness (QED) is 0.854. The van der Waals surface area contributed by atoms with Gasteiger partial charge in [0.15, 0.2) is 0 Å². The Morgan fingerprint density at radius 3 is 2.29 bits per heavy atom. The molecular weight excluding hydrogens is 288 g/mol. The fourth-order valence-corrected chi connectivity index (χ4v) is 3.02. The molecule has 0 radical (unpaired) electrons. The zero-order chi connectivity index (χ0) is 15.3. The number of benzene rings is 2. The summed E-state index contributed by atoms with van der Waals surface area (Å²) in [6, 6.07) is 15.1. The third-order valence-electron chi connectivity index (χ3n) is 2.96. The molecule has 1 amide bonds. The highest BCUT2D eigenvalue weighted by Crippen LogP contribution is 2.21. The number of amides is 1. The Labute approximate surface area is 123 Å². The van der Waals surface area contributed by atoms with E-state index >= 15 is 0 Å². The molecule has 2 aromatic carbocycles. The average Bonchev–Trinajstić information content (AvgIpc) is 2.47. The Kier molecular flexibility index (Phi) is 4.59. The zero-order valence-electron chi connectivity index (χ0n) is 11.3. The highest BCUT2D eigenvalue weighted by Gasteiger charge is 2.15. The van der Waals surface area contributed by atoms with Gasteiger partial charge in [0.25, 0.3) is 10.0 Å². The minimum Gasteiger partial charge on any atom is -0.370 e. The maximum Gasteiger partial charge on any atom is 0.261 e. The second-order valence-electron chi connectivity index (χ2n) is 4.54. The summed E-state index contributed by atoms with van der Waals surface area (Å²) in [5.41, 5.74) is 6.32. The lowest BCUT2D eigenvalue weighted by Crippen LogP contribution is -2.15. The van der Waals surface area contributed by atoms with Crippen LogP contribution in [0, 0.1) is 0 Å². The number of carbonyl (C=O) groups excluding carboxylic acids is 1. The van der Waals surface area contributed by atoms with Crippen molar-refractivity contribution in [1.29, 1.82) is 0 Å². The molecule has 0 aliphatic rings. The van der Waals surface area contributed by atoms with Crippen LogP contribution in [-0.4, -0.2) is 14.3 Å². The van der Waals surface area contributed by atoms with E-state index in [9.17, 15) is 13.2 Å². The van der Waals surface area contributed by atoms with Gasteiger partial charge >= 0.3 is 0 Å². The molecule has 0 aliphatic heterocycles. The highest BCUT2D eigenvalue weighted by atomic mass is 32.2. The highest BCUT2D eigenvalue weighted by molar-refractivity contribution is 7.92. The van der Waals surface area contributed by atoms with Crippen LogP contribution in [0.3, 0.4) is 0 Å². The van der Waals surface area contributed by atoms with Crippen molar-refractivity contribution >= 4 is 21.6 Å². The van der Waals surface area contributed by atoms with E-state index in [4.69, 9.17) is 5.73 Å². The van der Waals surface area contributed by atoms with Crippen molar-refractivity contribution in [3.05, 3.63) is 60.2 Å². The minimum absolute atomic E-state index is 0.171. The standard InChI is InChI=1S/C15H16N2O3S/c16-15(18)11-10-12-6-4-5-9-14(12)17-21(19,20)13-7-2-1-3-8-13/h1-9,17H,10-11H2,(H2,16,18). The number of sulfonamides is 1. The van der Waals surface area contributed by atoms with Gasteiger partial charge < -0.3 is 5.73 Å². The van der Waals surface area contributed by atoms with Crippen molar-refractivity contribution in [3.8, 4) is 0 Å². The lowest BCUT2D eigenvalue weighted by molar-refractivity contribution is -0.117. The predicted molar refractivity (Wildman–Crippen MR) is 81.2 cm³/mol. The second-order valence-corrected chi connectivity index (χ2v) is 6.22. The first kappa shape index (κ1) is 15.1. The molecule has 0 atom stereocenters. The maximum atomic E-state index is 12.3. The number of hydrogen-bond acceptors (Lipinski definition) is 3. The van der Waals surface area contributed by atoms with Gasteiger partial charge in [-0.05, 0) is 30.2 Å². The van der Waals surface area contributed by atoms with Crippen molar-refractivity contribution in [3.63, 3.8) is 0 Å². The Balaban J connectivity index is 2.25. The summed E-state index contributed by atoms with van der Waals surface area (Å²) in [6.07, 6.45) is 0.562. The predicted octanol–water partition coefficient (Wildman–Crippen LogP) is 1.91. The molecule has 0 aliphatic carbocycles. The van der Waals surface area contributed by atoms with Crippen LogP contribution in [0.5, 0.6) is 0 Å². The summed E-state index contributed by atoms with van der Waals surface area (Å²) in [7, 11) is -3.64. The summed E-state index contributed by atoms with van der Waals surface area (Å²) in [5, 5.41) is 0. The molecule has 2 rings (SSSR count). The molecule has 21 heavy (non-hydrogen) atoms. The molecule has 0 heterocycles. The summed E-state index contributed by atoms with van der Waals surface area (Å²) in [4.78, 5) is 11.1. The molecule has 0 unspecified atom stereocenters. The van der Waals surface area contributed by atoms with E-state index in [0.717, 1.165) is 5.56 Å². The molecule has 0 saturated heterocycles. The fraction of sp³-hybridized carbons (Fsp3) is 0.133. The number of primary amides is 1. The first-order valence-electron chi connectivity index (χ1n) is 6.43. The molecule has 0 bridgehead atoms. The van der Waals surface area contributed by atoms with Crippen molar-refractivity contribution in [2.45, 2.75) is 17.7 Å². The third kappa shape index (κ3) is 4.06. The first-order valence-corrected chi connectivity index (χ1v) is 7.91. The molecule has 5 nitrogen and oxygen atoms in total. The van der Waals surface area contributed by atoms with E-state index in [1.54, 1.807) is 42.5 Å². The van der Waals surface area contributed by atoms with Gasteiger partial charge in [-0.1, -0.05) is 36.4 Å². The van der Waals surface area contributed by atoms with E-state index < -0.39 is 15.9 Å². The smallest absolute Gasteiger partial charge is 0.261 e. The summed E-state index contributed by atoms with van der Waals surface area (Å²) in [6.45, 7) is 0. The maximum absolute atomic E-state index is 12.3. The van der Waals surface area contributed by atoms with Gasteiger partial charge in [0.1, 0.15) is 0 Å². The monoisotopic (exact) mass is 304 g/mol. The fourth-order valence-electron chi connectivity index (χ4n) is 1.90.